The molecule has 7 nitrogen and oxygen atoms in total. The highest BCUT2D eigenvalue weighted by Crippen LogP contribution is 2.33. The number of anilines is 1. The monoisotopic (exact) mass is 361 g/mol. The summed E-state index contributed by atoms with van der Waals surface area (Å²) in [4.78, 5) is 35.4. The summed E-state index contributed by atoms with van der Waals surface area (Å²) in [7, 11) is 2.67. The van der Waals surface area contributed by atoms with Gasteiger partial charge in [0, 0.05) is 5.56 Å². The maximum atomic E-state index is 13.5. The zero-order valence-corrected chi connectivity index (χ0v) is 14.1. The normalized spacial score (nSPS) is 9.96. The molecule has 8 heteroatoms. The Balaban J connectivity index is 2.14. The fourth-order valence-corrected chi connectivity index (χ4v) is 2.20. The van der Waals surface area contributed by atoms with E-state index in [0.717, 1.165) is 0 Å². The highest BCUT2D eigenvalue weighted by molar-refractivity contribution is 6.03. The largest absolute Gasteiger partial charge is 0.493 e. The summed E-state index contributed by atoms with van der Waals surface area (Å²) in [6.45, 7) is -0.675. The number of hydrogen-bond acceptors (Lipinski definition) is 6. The molecule has 0 aromatic heterocycles. The van der Waals surface area contributed by atoms with Gasteiger partial charge in [-0.3, -0.25) is 9.59 Å². The van der Waals surface area contributed by atoms with Crippen molar-refractivity contribution >= 4 is 23.9 Å². The average Bonchev–Trinajstić information content (AvgIpc) is 2.66. The highest BCUT2D eigenvalue weighted by atomic mass is 19.1. The zero-order chi connectivity index (χ0) is 19.1. The maximum Gasteiger partial charge on any atom is 0.343 e. The Kier molecular flexibility index (Phi) is 6.26. The van der Waals surface area contributed by atoms with E-state index in [1.54, 1.807) is 6.07 Å². The first-order valence-electron chi connectivity index (χ1n) is 7.43. The third-order valence-electron chi connectivity index (χ3n) is 3.39. The van der Waals surface area contributed by atoms with Gasteiger partial charge in [-0.1, -0.05) is 12.1 Å². The van der Waals surface area contributed by atoms with Gasteiger partial charge >= 0.3 is 5.97 Å². The number of nitrogens with one attached hydrogen (secondary N) is 1. The van der Waals surface area contributed by atoms with Crippen molar-refractivity contribution in [3.05, 3.63) is 53.3 Å². The van der Waals surface area contributed by atoms with Crippen molar-refractivity contribution in [2.75, 3.05) is 26.1 Å². The van der Waals surface area contributed by atoms with E-state index in [1.165, 1.54) is 44.6 Å². The molecule has 0 spiro atoms. The molecule has 0 aliphatic heterocycles. The van der Waals surface area contributed by atoms with Crippen molar-refractivity contribution in [3.8, 4) is 11.5 Å². The Hall–Kier alpha value is -3.42. The van der Waals surface area contributed by atoms with E-state index >= 15 is 0 Å². The van der Waals surface area contributed by atoms with E-state index in [0.29, 0.717) is 6.29 Å². The molecule has 1 N–H and O–H groups in total. The molecule has 0 saturated heterocycles. The van der Waals surface area contributed by atoms with Crippen molar-refractivity contribution in [1.82, 2.24) is 0 Å². The second-order valence-electron chi connectivity index (χ2n) is 4.99. The molecule has 0 radical (unpaired) electrons. The minimum absolute atomic E-state index is 0.0108. The fourth-order valence-electron chi connectivity index (χ4n) is 2.20. The first kappa shape index (κ1) is 18.9. The number of ether oxygens (including phenoxy) is 3. The molecule has 0 heterocycles. The van der Waals surface area contributed by atoms with Gasteiger partial charge in [-0.2, -0.15) is 0 Å². The van der Waals surface area contributed by atoms with Gasteiger partial charge in [0.2, 0.25) is 0 Å². The molecule has 26 heavy (non-hydrogen) atoms. The van der Waals surface area contributed by atoms with Crippen molar-refractivity contribution < 1.29 is 33.0 Å². The number of benzene rings is 2. The van der Waals surface area contributed by atoms with Crippen LogP contribution in [0, 0.1) is 5.82 Å². The van der Waals surface area contributed by atoms with Crippen molar-refractivity contribution in [3.63, 3.8) is 0 Å². The van der Waals surface area contributed by atoms with Crippen LogP contribution in [0.5, 0.6) is 11.5 Å². The molecule has 0 fully saturated rings. The summed E-state index contributed by atoms with van der Waals surface area (Å²) in [5.41, 5.74) is -0.191. The molecule has 2 rings (SSSR count). The molecule has 136 valence electrons. The second-order valence-corrected chi connectivity index (χ2v) is 4.99. The summed E-state index contributed by atoms with van der Waals surface area (Å²) in [6, 6.07) is 8.39. The number of carbonyl (C=O) groups excluding carboxylic acids is 3. The number of rotatable bonds is 7. The number of amides is 1. The molecule has 0 unspecified atom stereocenters. The molecule has 2 aromatic rings. The lowest BCUT2D eigenvalue weighted by Gasteiger charge is -2.14. The van der Waals surface area contributed by atoms with E-state index in [1.807, 2.05) is 0 Å². The molecule has 0 bridgehead atoms. The summed E-state index contributed by atoms with van der Waals surface area (Å²) >= 11 is 0. The zero-order valence-electron chi connectivity index (χ0n) is 14.1. The predicted octanol–water partition coefficient (Wildman–Crippen LogP) is 2.45. The third-order valence-corrected chi connectivity index (χ3v) is 3.39. The molecular weight excluding hydrogens is 345 g/mol. The smallest absolute Gasteiger partial charge is 0.343 e. The van der Waals surface area contributed by atoms with Crippen LogP contribution >= 0.6 is 0 Å². The number of methoxy groups -OCH3 is 2. The van der Waals surface area contributed by atoms with Crippen LogP contribution in [0.4, 0.5) is 10.1 Å². The number of para-hydroxylation sites is 1. The lowest BCUT2D eigenvalue weighted by molar-refractivity contribution is -0.119. The Morgan fingerprint density at radius 2 is 1.85 bits per heavy atom. The second kappa shape index (κ2) is 8.61. The van der Waals surface area contributed by atoms with Gasteiger partial charge in [0.1, 0.15) is 11.4 Å². The number of esters is 1. The summed E-state index contributed by atoms with van der Waals surface area (Å²) in [5, 5.41) is 2.28. The topological polar surface area (TPSA) is 90.9 Å². The first-order valence-corrected chi connectivity index (χ1v) is 7.43. The van der Waals surface area contributed by atoms with Crippen LogP contribution in [-0.4, -0.2) is 39.0 Å². The van der Waals surface area contributed by atoms with Crippen LogP contribution in [0.25, 0.3) is 0 Å². The Morgan fingerprint density at radius 1 is 1.12 bits per heavy atom. The summed E-state index contributed by atoms with van der Waals surface area (Å²) < 4.78 is 28.6. The number of carbonyl (C=O) groups is 3. The van der Waals surface area contributed by atoms with Crippen LogP contribution in [0.1, 0.15) is 20.7 Å². The minimum atomic E-state index is -0.952. The SMILES string of the molecule is COc1ccc(C=O)c(C(=O)OCC(=O)Nc2ccccc2F)c1OC. The van der Waals surface area contributed by atoms with Gasteiger partial charge in [0.15, 0.2) is 24.4 Å². The fraction of sp³-hybridized carbons (Fsp3) is 0.167. The van der Waals surface area contributed by atoms with Gasteiger partial charge in [-0.15, -0.1) is 0 Å². The highest BCUT2D eigenvalue weighted by Gasteiger charge is 2.23. The molecule has 0 atom stereocenters. The van der Waals surface area contributed by atoms with Crippen LogP contribution in [0.15, 0.2) is 36.4 Å². The number of hydrogen-bond donors (Lipinski definition) is 1. The van der Waals surface area contributed by atoms with Crippen LogP contribution in [0.2, 0.25) is 0 Å². The third kappa shape index (κ3) is 4.15. The molecule has 0 aliphatic rings. The molecule has 2 aromatic carbocycles. The summed E-state index contributed by atoms with van der Waals surface area (Å²) in [5.74, 6) is -2.08. The quantitative estimate of drug-likeness (QED) is 0.602. The van der Waals surface area contributed by atoms with E-state index < -0.39 is 24.3 Å². The van der Waals surface area contributed by atoms with Crippen molar-refractivity contribution in [2.45, 2.75) is 0 Å². The predicted molar refractivity (Wildman–Crippen MR) is 90.2 cm³/mol. The molecule has 1 amide bonds. The van der Waals surface area contributed by atoms with Gasteiger partial charge < -0.3 is 19.5 Å². The standard InChI is InChI=1S/C18H16FNO6/c1-24-14-8-7-11(9-21)16(17(14)25-2)18(23)26-10-15(22)20-13-6-4-3-5-12(13)19/h3-9H,10H2,1-2H3,(H,20,22). The maximum absolute atomic E-state index is 13.5. The Morgan fingerprint density at radius 3 is 2.46 bits per heavy atom. The van der Waals surface area contributed by atoms with E-state index in [9.17, 15) is 18.8 Å². The Bertz CT molecular complexity index is 836. The number of aldehydes is 1. The van der Waals surface area contributed by atoms with E-state index in [4.69, 9.17) is 14.2 Å². The lowest BCUT2D eigenvalue weighted by Crippen LogP contribution is -2.22. The van der Waals surface area contributed by atoms with Gasteiger partial charge in [-0.05, 0) is 24.3 Å². The molecule has 0 saturated carbocycles. The van der Waals surface area contributed by atoms with E-state index in [-0.39, 0.29) is 28.3 Å². The van der Waals surface area contributed by atoms with Crippen LogP contribution in [0.3, 0.4) is 0 Å². The van der Waals surface area contributed by atoms with Crippen molar-refractivity contribution in [1.29, 1.82) is 0 Å². The first-order chi connectivity index (χ1) is 12.5. The minimum Gasteiger partial charge on any atom is -0.493 e. The number of halogens is 1. The van der Waals surface area contributed by atoms with Crippen molar-refractivity contribution in [2.24, 2.45) is 0 Å². The van der Waals surface area contributed by atoms with Gasteiger partial charge in [0.05, 0.1) is 19.9 Å². The average molecular weight is 361 g/mol. The Labute approximate surface area is 148 Å². The molecular formula is C18H16FNO6. The van der Waals surface area contributed by atoms with Gasteiger partial charge in [0.25, 0.3) is 5.91 Å². The summed E-state index contributed by atoms with van der Waals surface area (Å²) in [6.07, 6.45) is 0.456. The van der Waals surface area contributed by atoms with Crippen LogP contribution < -0.4 is 14.8 Å². The lowest BCUT2D eigenvalue weighted by atomic mass is 10.1. The van der Waals surface area contributed by atoms with E-state index in [2.05, 4.69) is 5.32 Å². The van der Waals surface area contributed by atoms with Crippen LogP contribution in [-0.2, 0) is 9.53 Å². The molecule has 0 aliphatic carbocycles. The van der Waals surface area contributed by atoms with Gasteiger partial charge in [-0.25, -0.2) is 9.18 Å².